The Hall–Kier alpha value is -2.44. The van der Waals surface area contributed by atoms with Gasteiger partial charge >= 0.3 is 5.51 Å². The highest BCUT2D eigenvalue weighted by Gasteiger charge is 2.47. The lowest BCUT2D eigenvalue weighted by Crippen LogP contribution is -2.23. The number of amides is 1. The van der Waals surface area contributed by atoms with Crippen LogP contribution in [0.25, 0.3) is 9.88 Å². The van der Waals surface area contributed by atoms with Crippen LogP contribution in [-0.2, 0) is 9.84 Å². The normalized spacial score (nSPS) is 12.0. The molecule has 1 amide bonds. The Balaban J connectivity index is 1.96. The van der Waals surface area contributed by atoms with Gasteiger partial charge < -0.3 is 10.1 Å². The molecule has 0 radical (unpaired) electrons. The first-order valence-corrected chi connectivity index (χ1v) is 11.0. The molecule has 0 aliphatic carbocycles. The molecule has 3 aromatic rings. The number of benzene rings is 1. The molecule has 0 unspecified atom stereocenters. The third kappa shape index (κ3) is 4.14. The van der Waals surface area contributed by atoms with Gasteiger partial charge in [0.1, 0.15) is 15.6 Å². The van der Waals surface area contributed by atoms with E-state index < -0.39 is 26.1 Å². The molecule has 0 atom stereocenters. The van der Waals surface area contributed by atoms with E-state index in [1.54, 1.807) is 6.92 Å². The molecule has 0 saturated heterocycles. The van der Waals surface area contributed by atoms with E-state index in [1.165, 1.54) is 18.4 Å². The molecule has 2 aromatic heterocycles. The summed E-state index contributed by atoms with van der Waals surface area (Å²) < 4.78 is 66.9. The number of sulfone groups is 1. The number of thiazole rings is 1. The van der Waals surface area contributed by atoms with Crippen LogP contribution in [0.3, 0.4) is 0 Å². The van der Waals surface area contributed by atoms with Crippen molar-refractivity contribution in [1.82, 2.24) is 4.98 Å². The average molecular weight is 462 g/mol. The molecule has 2 heterocycles. The number of ether oxygens (including phenoxy) is 1. The number of halogens is 3. The molecule has 0 spiro atoms. The fourth-order valence-corrected chi connectivity index (χ4v) is 4.92. The van der Waals surface area contributed by atoms with E-state index in [9.17, 15) is 26.4 Å². The van der Waals surface area contributed by atoms with Gasteiger partial charge in [-0.25, -0.2) is 13.4 Å². The second kappa shape index (κ2) is 7.76. The van der Waals surface area contributed by atoms with Gasteiger partial charge in [0.2, 0.25) is 0 Å². The molecule has 0 fully saturated rings. The first-order chi connectivity index (χ1) is 13.5. The van der Waals surface area contributed by atoms with Crippen LogP contribution in [0.4, 0.5) is 18.9 Å². The summed E-state index contributed by atoms with van der Waals surface area (Å²) in [4.78, 5) is 17.1. The zero-order valence-electron chi connectivity index (χ0n) is 14.9. The topological polar surface area (TPSA) is 85.4 Å². The number of alkyl halides is 3. The lowest BCUT2D eigenvalue weighted by molar-refractivity contribution is -0.0436. The molecule has 0 bridgehead atoms. The summed E-state index contributed by atoms with van der Waals surface area (Å²) in [6.45, 7) is 1.63. The Kier molecular flexibility index (Phi) is 5.70. The number of carbonyl (C=O) groups is 1. The lowest BCUT2D eigenvalue weighted by atomic mass is 10.2. The van der Waals surface area contributed by atoms with Crippen molar-refractivity contribution in [1.29, 1.82) is 0 Å². The molecular weight excluding hydrogens is 449 g/mol. The SMILES string of the molecule is COc1ccc(S(=O)(=O)C(F)(F)F)cc1NC(=O)c1sc(-c2cccs2)nc1C. The van der Waals surface area contributed by atoms with E-state index in [0.29, 0.717) is 10.7 Å². The zero-order chi connectivity index (χ0) is 21.4. The second-order valence-corrected chi connectivity index (χ2v) is 9.56. The van der Waals surface area contributed by atoms with Crippen molar-refractivity contribution in [2.45, 2.75) is 17.3 Å². The summed E-state index contributed by atoms with van der Waals surface area (Å²) >= 11 is 2.57. The van der Waals surface area contributed by atoms with Gasteiger partial charge in [-0.1, -0.05) is 6.07 Å². The van der Waals surface area contributed by atoms with E-state index in [-0.39, 0.29) is 16.3 Å². The standard InChI is InChI=1S/C17H13F3N2O4S3/c1-9-14(28-16(21-9)13-4-3-7-27-13)15(23)22-11-8-10(5-6-12(11)26-2)29(24,25)17(18,19)20/h3-8H,1-2H3,(H,22,23). The van der Waals surface area contributed by atoms with Gasteiger partial charge in [-0.15, -0.1) is 22.7 Å². The first kappa shape index (κ1) is 21.3. The Morgan fingerprint density at radius 1 is 1.24 bits per heavy atom. The summed E-state index contributed by atoms with van der Waals surface area (Å²) in [6.07, 6.45) is 0. The van der Waals surface area contributed by atoms with Gasteiger partial charge in [-0.3, -0.25) is 4.79 Å². The minimum Gasteiger partial charge on any atom is -0.495 e. The Morgan fingerprint density at radius 3 is 2.55 bits per heavy atom. The highest BCUT2D eigenvalue weighted by Crippen LogP contribution is 2.36. The van der Waals surface area contributed by atoms with Gasteiger partial charge in [-0.05, 0) is 36.6 Å². The summed E-state index contributed by atoms with van der Waals surface area (Å²) in [7, 11) is -4.33. The molecule has 1 aromatic carbocycles. The summed E-state index contributed by atoms with van der Waals surface area (Å²) in [6, 6.07) is 6.22. The maximum atomic E-state index is 12.8. The number of nitrogens with zero attached hydrogens (tertiary/aromatic N) is 1. The number of methoxy groups -OCH3 is 1. The van der Waals surface area contributed by atoms with E-state index >= 15 is 0 Å². The molecule has 29 heavy (non-hydrogen) atoms. The van der Waals surface area contributed by atoms with Gasteiger partial charge in [0, 0.05) is 0 Å². The number of hydrogen-bond donors (Lipinski definition) is 1. The average Bonchev–Trinajstić information content (AvgIpc) is 3.30. The Bertz CT molecular complexity index is 1150. The maximum absolute atomic E-state index is 12.8. The molecule has 0 aliphatic rings. The van der Waals surface area contributed by atoms with Crippen LogP contribution < -0.4 is 10.1 Å². The van der Waals surface area contributed by atoms with Crippen molar-refractivity contribution in [3.05, 3.63) is 46.3 Å². The van der Waals surface area contributed by atoms with Crippen molar-refractivity contribution < 1.29 is 31.1 Å². The lowest BCUT2D eigenvalue weighted by Gasteiger charge is -2.13. The molecule has 0 saturated carbocycles. The van der Waals surface area contributed by atoms with Crippen molar-refractivity contribution >= 4 is 44.1 Å². The van der Waals surface area contributed by atoms with Crippen LogP contribution in [-0.4, -0.2) is 31.9 Å². The molecular formula is C17H13F3N2O4S3. The minimum absolute atomic E-state index is 0.0140. The number of nitrogens with one attached hydrogen (secondary N) is 1. The highest BCUT2D eigenvalue weighted by molar-refractivity contribution is 7.92. The zero-order valence-corrected chi connectivity index (χ0v) is 17.4. The van der Waals surface area contributed by atoms with Gasteiger partial charge in [0.05, 0.1) is 28.3 Å². The fourth-order valence-electron chi connectivity index (χ4n) is 2.38. The monoisotopic (exact) mass is 462 g/mol. The van der Waals surface area contributed by atoms with Crippen LogP contribution in [0.2, 0.25) is 0 Å². The van der Waals surface area contributed by atoms with Crippen molar-refractivity contribution in [3.63, 3.8) is 0 Å². The van der Waals surface area contributed by atoms with Gasteiger partial charge in [0.15, 0.2) is 0 Å². The van der Waals surface area contributed by atoms with Crippen LogP contribution >= 0.6 is 22.7 Å². The van der Waals surface area contributed by atoms with Crippen molar-refractivity contribution in [2.24, 2.45) is 0 Å². The largest absolute Gasteiger partial charge is 0.501 e. The number of carbonyl (C=O) groups excluding carboxylic acids is 1. The quantitative estimate of drug-likeness (QED) is 0.592. The number of aryl methyl sites for hydroxylation is 1. The van der Waals surface area contributed by atoms with Crippen molar-refractivity contribution in [2.75, 3.05) is 12.4 Å². The maximum Gasteiger partial charge on any atom is 0.501 e. The molecule has 3 rings (SSSR count). The van der Waals surface area contributed by atoms with Crippen LogP contribution in [0.5, 0.6) is 5.75 Å². The Labute approximate surface area is 171 Å². The van der Waals surface area contributed by atoms with Crippen LogP contribution in [0.1, 0.15) is 15.4 Å². The molecule has 6 nitrogen and oxygen atoms in total. The number of hydrogen-bond acceptors (Lipinski definition) is 7. The van der Waals surface area contributed by atoms with E-state index in [2.05, 4.69) is 10.3 Å². The fraction of sp³-hybridized carbons (Fsp3) is 0.176. The summed E-state index contributed by atoms with van der Waals surface area (Å²) in [5.41, 5.74) is -5.23. The molecule has 154 valence electrons. The van der Waals surface area contributed by atoms with Crippen LogP contribution in [0.15, 0.2) is 40.6 Å². The number of aromatic nitrogens is 1. The smallest absolute Gasteiger partial charge is 0.495 e. The first-order valence-electron chi connectivity index (χ1n) is 7.86. The van der Waals surface area contributed by atoms with E-state index in [4.69, 9.17) is 4.74 Å². The number of anilines is 1. The summed E-state index contributed by atoms with van der Waals surface area (Å²) in [5, 5.41) is 4.91. The van der Waals surface area contributed by atoms with Gasteiger partial charge in [-0.2, -0.15) is 13.2 Å². The predicted octanol–water partition coefficient (Wildman–Crippen LogP) is 4.73. The van der Waals surface area contributed by atoms with Gasteiger partial charge in [0.25, 0.3) is 15.7 Å². The van der Waals surface area contributed by atoms with E-state index in [0.717, 1.165) is 34.4 Å². The predicted molar refractivity (Wildman–Crippen MR) is 104 cm³/mol. The van der Waals surface area contributed by atoms with Crippen LogP contribution in [0, 0.1) is 6.92 Å². The number of thiophene rings is 1. The molecule has 0 aliphatic heterocycles. The minimum atomic E-state index is -5.57. The molecule has 1 N–H and O–H groups in total. The third-order valence-electron chi connectivity index (χ3n) is 3.77. The Morgan fingerprint density at radius 2 is 1.97 bits per heavy atom. The third-order valence-corrected chi connectivity index (χ3v) is 7.45. The number of rotatable bonds is 5. The highest BCUT2D eigenvalue weighted by atomic mass is 32.2. The summed E-state index contributed by atoms with van der Waals surface area (Å²) in [5.74, 6) is -0.622. The molecule has 12 heteroatoms. The van der Waals surface area contributed by atoms with E-state index in [1.807, 2.05) is 17.5 Å². The second-order valence-electron chi connectivity index (χ2n) is 5.68. The van der Waals surface area contributed by atoms with Crippen molar-refractivity contribution in [3.8, 4) is 15.6 Å².